The quantitative estimate of drug-likeness (QED) is 0.639. The molecule has 5 heteroatoms. The Morgan fingerprint density at radius 2 is 1.73 bits per heavy atom. The topological polar surface area (TPSA) is 29.1 Å². The second-order valence-corrected chi connectivity index (χ2v) is 1.47. The summed E-state index contributed by atoms with van der Waals surface area (Å²) >= 11 is 0. The van der Waals surface area contributed by atoms with E-state index in [4.69, 9.17) is 0 Å². The summed E-state index contributed by atoms with van der Waals surface area (Å²) in [6.45, 7) is 4.00. The van der Waals surface area contributed by atoms with Crippen molar-refractivity contribution in [1.82, 2.24) is 5.32 Å². The summed E-state index contributed by atoms with van der Waals surface area (Å²) in [4.78, 5) is 10.00. The maximum Gasteiger partial charge on any atom is 0.397 e. The SMILES string of the molecule is CC.CNC(=O)CC(F)(F)F. The van der Waals surface area contributed by atoms with Gasteiger partial charge < -0.3 is 5.32 Å². The summed E-state index contributed by atoms with van der Waals surface area (Å²) in [5.74, 6) is -1.01. The van der Waals surface area contributed by atoms with Gasteiger partial charge in [0.25, 0.3) is 0 Å². The molecule has 2 nitrogen and oxygen atoms in total. The van der Waals surface area contributed by atoms with E-state index in [-0.39, 0.29) is 0 Å². The van der Waals surface area contributed by atoms with Crippen molar-refractivity contribution in [3.63, 3.8) is 0 Å². The summed E-state index contributed by atoms with van der Waals surface area (Å²) in [6, 6.07) is 0. The molecule has 0 spiro atoms. The molecule has 0 radical (unpaired) electrons. The largest absolute Gasteiger partial charge is 0.397 e. The van der Waals surface area contributed by atoms with E-state index in [2.05, 4.69) is 0 Å². The Balaban J connectivity index is 0. The van der Waals surface area contributed by atoms with Gasteiger partial charge in [0.05, 0.1) is 0 Å². The molecule has 11 heavy (non-hydrogen) atoms. The molecular formula is C6H12F3NO. The van der Waals surface area contributed by atoms with Crippen LogP contribution in [0.15, 0.2) is 0 Å². The number of halogens is 3. The Morgan fingerprint density at radius 3 is 1.82 bits per heavy atom. The van der Waals surface area contributed by atoms with Crippen LogP contribution in [-0.4, -0.2) is 19.1 Å². The van der Waals surface area contributed by atoms with Gasteiger partial charge in [-0.1, -0.05) is 13.8 Å². The van der Waals surface area contributed by atoms with Gasteiger partial charge in [0.1, 0.15) is 6.42 Å². The molecule has 0 bridgehead atoms. The van der Waals surface area contributed by atoms with Crippen molar-refractivity contribution in [2.75, 3.05) is 7.05 Å². The molecule has 0 saturated carbocycles. The molecule has 0 unspecified atom stereocenters. The maximum absolute atomic E-state index is 11.2. The first-order chi connectivity index (χ1) is 4.95. The van der Waals surface area contributed by atoms with Crippen molar-refractivity contribution in [3.8, 4) is 0 Å². The van der Waals surface area contributed by atoms with E-state index in [0.29, 0.717) is 0 Å². The van der Waals surface area contributed by atoms with Crippen molar-refractivity contribution in [3.05, 3.63) is 0 Å². The van der Waals surface area contributed by atoms with Crippen molar-refractivity contribution in [2.45, 2.75) is 26.4 Å². The van der Waals surface area contributed by atoms with Crippen molar-refractivity contribution < 1.29 is 18.0 Å². The molecule has 0 fully saturated rings. The monoisotopic (exact) mass is 171 g/mol. The standard InChI is InChI=1S/C4H6F3NO.C2H6/c1-8-3(9)2-4(5,6)7;1-2/h2H2,1H3,(H,8,9);1-2H3. The zero-order chi connectivity index (χ0) is 9.49. The minimum atomic E-state index is -4.39. The minimum absolute atomic E-state index is 1.01. The Labute approximate surface area is 63.8 Å². The average Bonchev–Trinajstić information content (AvgIpc) is 1.89. The van der Waals surface area contributed by atoms with Gasteiger partial charge in [0.2, 0.25) is 5.91 Å². The highest BCUT2D eigenvalue weighted by Crippen LogP contribution is 2.18. The molecule has 0 aliphatic carbocycles. The molecule has 0 aromatic rings. The highest BCUT2D eigenvalue weighted by molar-refractivity contribution is 5.76. The third kappa shape index (κ3) is 12.5. The lowest BCUT2D eigenvalue weighted by Crippen LogP contribution is -2.24. The van der Waals surface area contributed by atoms with Crippen LogP contribution < -0.4 is 5.32 Å². The van der Waals surface area contributed by atoms with Crippen LogP contribution in [0.3, 0.4) is 0 Å². The molecule has 0 aromatic heterocycles. The Kier molecular flexibility index (Phi) is 7.04. The summed E-state index contributed by atoms with van der Waals surface area (Å²) < 4.78 is 33.7. The lowest BCUT2D eigenvalue weighted by atomic mass is 10.4. The van der Waals surface area contributed by atoms with Gasteiger partial charge in [-0.25, -0.2) is 0 Å². The van der Waals surface area contributed by atoms with E-state index in [0.717, 1.165) is 7.05 Å². The zero-order valence-electron chi connectivity index (χ0n) is 6.75. The number of alkyl halides is 3. The van der Waals surface area contributed by atoms with Crippen LogP contribution in [0.2, 0.25) is 0 Å². The molecule has 0 aromatic carbocycles. The van der Waals surface area contributed by atoms with Crippen LogP contribution in [-0.2, 0) is 4.79 Å². The van der Waals surface area contributed by atoms with Crippen LogP contribution in [0.25, 0.3) is 0 Å². The number of hydrogen-bond acceptors (Lipinski definition) is 1. The van der Waals surface area contributed by atoms with Crippen LogP contribution in [0.1, 0.15) is 20.3 Å². The summed E-state index contributed by atoms with van der Waals surface area (Å²) in [5.41, 5.74) is 0. The Morgan fingerprint density at radius 1 is 1.36 bits per heavy atom. The van der Waals surface area contributed by atoms with E-state index in [1.54, 1.807) is 0 Å². The van der Waals surface area contributed by atoms with E-state index < -0.39 is 18.5 Å². The van der Waals surface area contributed by atoms with Crippen LogP contribution in [0, 0.1) is 0 Å². The zero-order valence-corrected chi connectivity index (χ0v) is 6.75. The molecule has 0 saturated heterocycles. The number of carbonyl (C=O) groups excluding carboxylic acids is 1. The number of amides is 1. The van der Waals surface area contributed by atoms with Gasteiger partial charge in [-0.05, 0) is 0 Å². The van der Waals surface area contributed by atoms with Crippen LogP contribution >= 0.6 is 0 Å². The molecule has 0 aliphatic rings. The maximum atomic E-state index is 11.2. The second-order valence-electron chi connectivity index (χ2n) is 1.47. The summed E-state index contributed by atoms with van der Waals surface area (Å²) in [7, 11) is 1.16. The predicted octanol–water partition coefficient (Wildman–Crippen LogP) is 1.71. The highest BCUT2D eigenvalue weighted by Gasteiger charge is 2.30. The van der Waals surface area contributed by atoms with Gasteiger partial charge in [-0.15, -0.1) is 0 Å². The van der Waals surface area contributed by atoms with Gasteiger partial charge in [-0.2, -0.15) is 13.2 Å². The smallest absolute Gasteiger partial charge is 0.359 e. The fourth-order valence-electron chi connectivity index (χ4n) is 0.270. The Bertz CT molecular complexity index is 111. The van der Waals surface area contributed by atoms with E-state index >= 15 is 0 Å². The van der Waals surface area contributed by atoms with E-state index in [9.17, 15) is 18.0 Å². The van der Waals surface area contributed by atoms with Gasteiger partial charge in [0, 0.05) is 7.05 Å². The number of carbonyl (C=O) groups is 1. The molecule has 0 rings (SSSR count). The first kappa shape index (κ1) is 12.9. The Hall–Kier alpha value is -0.740. The lowest BCUT2D eigenvalue weighted by molar-refractivity contribution is -0.153. The normalized spacial score (nSPS) is 9.64. The highest BCUT2D eigenvalue weighted by atomic mass is 19.4. The predicted molar refractivity (Wildman–Crippen MR) is 36.1 cm³/mol. The van der Waals surface area contributed by atoms with Gasteiger partial charge in [0.15, 0.2) is 0 Å². The molecular weight excluding hydrogens is 159 g/mol. The number of rotatable bonds is 1. The van der Waals surface area contributed by atoms with E-state index in [1.807, 2.05) is 19.2 Å². The third-order valence-electron chi connectivity index (χ3n) is 0.640. The molecule has 1 N–H and O–H groups in total. The third-order valence-corrected chi connectivity index (χ3v) is 0.640. The minimum Gasteiger partial charge on any atom is -0.359 e. The van der Waals surface area contributed by atoms with E-state index in [1.165, 1.54) is 0 Å². The van der Waals surface area contributed by atoms with Crippen LogP contribution in [0.4, 0.5) is 13.2 Å². The molecule has 0 aliphatic heterocycles. The van der Waals surface area contributed by atoms with Crippen molar-refractivity contribution >= 4 is 5.91 Å². The summed E-state index contributed by atoms with van der Waals surface area (Å²) in [5, 5.41) is 1.86. The van der Waals surface area contributed by atoms with Crippen LogP contribution in [0.5, 0.6) is 0 Å². The van der Waals surface area contributed by atoms with Crippen molar-refractivity contribution in [2.24, 2.45) is 0 Å². The molecule has 68 valence electrons. The molecule has 1 amide bonds. The van der Waals surface area contributed by atoms with Gasteiger partial charge in [-0.3, -0.25) is 4.79 Å². The number of hydrogen-bond donors (Lipinski definition) is 1. The van der Waals surface area contributed by atoms with Crippen molar-refractivity contribution in [1.29, 1.82) is 0 Å². The fourth-order valence-corrected chi connectivity index (χ4v) is 0.270. The average molecular weight is 171 g/mol. The van der Waals surface area contributed by atoms with Gasteiger partial charge >= 0.3 is 6.18 Å². The summed E-state index contributed by atoms with van der Waals surface area (Å²) in [6.07, 6.45) is -5.79. The molecule has 0 heterocycles. The second kappa shape index (κ2) is 6.00. The first-order valence-electron chi connectivity index (χ1n) is 3.23. The number of nitrogens with one attached hydrogen (secondary N) is 1. The molecule has 0 atom stereocenters. The fraction of sp³-hybridized carbons (Fsp3) is 0.833. The first-order valence-corrected chi connectivity index (χ1v) is 3.23. The lowest BCUT2D eigenvalue weighted by Gasteiger charge is -2.02.